The zero-order valence-electron chi connectivity index (χ0n) is 78.3. The molecule has 0 bridgehead atoms. The number of nitrogens with one attached hydrogen (secondary N) is 1. The van der Waals surface area contributed by atoms with Crippen LogP contribution in [0.1, 0.15) is 211 Å². The summed E-state index contributed by atoms with van der Waals surface area (Å²) >= 11 is 17.8. The normalized spacial score (nSPS) is 18.5. The molecule has 142 heavy (non-hydrogen) atoms. The Labute approximate surface area is 882 Å². The second-order valence-corrected chi connectivity index (χ2v) is 37.8. The van der Waals surface area contributed by atoms with Crippen molar-refractivity contribution in [3.8, 4) is 22.8 Å². The first-order chi connectivity index (χ1) is 68.6. The second kappa shape index (κ2) is 39.3. The monoisotopic (exact) mass is 2000 g/mol. The van der Waals surface area contributed by atoms with Crippen molar-refractivity contribution in [2.45, 2.75) is 150 Å². The molecule has 0 fully saturated rings. The molecular formula is C102H84Al8N16O16+4. The number of carboxylic acid groups (broad SMARTS) is 4. The SMILES string of the molecule is C=Cc1c(C)c2n3c1C=c1c(C)c(C4C=C(c5ccc(C([O][Al])[O][Al])cc5)NN=C4c4ccc(C([O][Al])[O][Al])cc4)c4n1C31[N+]3=C(C=4)C(C)=C(CCC(=O)O)C3=CC3=[N+]1C(=C2)C(C)=C3CCC(=O)O.C=Cc1c(C)c2n3c1C=c1c(C)c(C=C)c4n1C31[N+]3=C(C=4)C(C)=C(CCC(=O)O)C3=CC3=[N+]1C(=C2)C(C)=C3CCC(=O)O.N#N.[Al][O]C([O][Al])c1ccc(-c2nnc(-c3ccc(C([O][Al])[O][Al])cc3)nn2)cc1. The molecule has 40 heteroatoms. The largest absolute Gasteiger partial charge is 0.553 e. The molecule has 2 spiro atoms. The van der Waals surface area contributed by atoms with E-state index in [0.29, 0.717) is 37.3 Å². The van der Waals surface area contributed by atoms with Crippen LogP contribution in [0.2, 0.25) is 0 Å². The highest BCUT2D eigenvalue weighted by Gasteiger charge is 2.75. The molecule has 16 radical (unpaired) electrons. The van der Waals surface area contributed by atoms with E-state index in [9.17, 15) is 39.6 Å². The third-order valence-electron chi connectivity index (χ3n) is 28.8. The van der Waals surface area contributed by atoms with Crippen molar-refractivity contribution in [1.29, 1.82) is 10.8 Å². The summed E-state index contributed by atoms with van der Waals surface area (Å²) in [5, 5.41) is 77.6. The number of aromatic nitrogens is 8. The molecule has 13 aliphatic heterocycles. The number of hydrogen-bond donors (Lipinski definition) is 5. The first-order valence-corrected chi connectivity index (χ1v) is 49.0. The van der Waals surface area contributed by atoms with E-state index in [-0.39, 0.29) is 25.7 Å². The highest BCUT2D eigenvalue weighted by atomic mass is 27.1. The smallest absolute Gasteiger partial charge is 0.494 e. The fraction of sp³-hybridized carbons (Fsp3) is 0.225. The molecule has 3 atom stereocenters. The first-order valence-electron chi connectivity index (χ1n) is 45.2. The van der Waals surface area contributed by atoms with E-state index >= 15 is 0 Å². The Morgan fingerprint density at radius 2 is 0.718 bits per heavy atom. The Balaban J connectivity index is 0.000000149. The van der Waals surface area contributed by atoms with Crippen LogP contribution >= 0.6 is 0 Å². The summed E-state index contributed by atoms with van der Waals surface area (Å²) in [4.78, 5) is 48.2. The van der Waals surface area contributed by atoms with Crippen molar-refractivity contribution in [3.05, 3.63) is 324 Å². The van der Waals surface area contributed by atoms with Crippen molar-refractivity contribution in [2.75, 3.05) is 0 Å². The standard InChI is InChI=1S/C51H41N6O8.C35H30N4O4.C16H10N4O4.8Al.N2/c1-6-32-24(2)37-20-38-25(3)33(15-17-45(58)59)42-23-43-34(16-18-46(60)61)26(4)39-22-44-47(27(5)40-21-41(32)54(37)51(55(38)42,56(39)43)57(40)44)35-19-36(28-7-11-30(12-8-28)49(62)63)52-53-48(35)29-9-13-31(14-10-29)50(64)65;1-7-21-17(3)25-13-26-19(5)23(9-11-33(40)41)31-16-32-24(10-12-34(42)43)20(6)28-15-30-22(8-2)18(4)27-14-29(21)36(25)35(37(27)30,38(26)31)39(28)32;21-15(22)11-5-1-9(2-6-11)13-17-19-14(20-18-13)10-3-7-12(8-4-10)16(23)24;;;;;;;;;1-2/h6-14,19-23,35,49-50H,1,15-18H2,2-5H3,(H2,58,59,60,61);7-8,13-16H,1-2,9-12H2,3-6H3;1-8,15-16H;;;;;;;;;/q-3;;-4;8*+1;/p+3. The number of hydrazone groups is 1. The lowest BCUT2D eigenvalue weighted by Crippen LogP contribution is -2.70. The molecule has 5 N–H and O–H groups in total. The van der Waals surface area contributed by atoms with Crippen LogP contribution in [0.4, 0.5) is 0 Å². The van der Waals surface area contributed by atoms with Gasteiger partial charge >= 0.3 is 169 Å². The van der Waals surface area contributed by atoms with Gasteiger partial charge in [-0.05, 0) is 138 Å². The topological polar surface area (TPSA) is 378 Å². The molecule has 5 aromatic heterocycles. The highest BCUT2D eigenvalue weighted by molar-refractivity contribution is 6.22. The van der Waals surface area contributed by atoms with Gasteiger partial charge in [-0.25, -0.2) is 0 Å². The van der Waals surface area contributed by atoms with Crippen LogP contribution in [-0.4, -0.2) is 263 Å². The molecule has 0 saturated carbocycles. The number of benzene rings is 4. The average molecular weight is 2010 g/mol. The van der Waals surface area contributed by atoms with Gasteiger partial charge in [-0.15, -0.1) is 20.4 Å². The molecule has 18 heterocycles. The molecule has 3 unspecified atom stereocenters. The number of carbonyl (C=O) groups is 4. The van der Waals surface area contributed by atoms with Gasteiger partial charge in [0.1, 0.15) is 25.2 Å². The summed E-state index contributed by atoms with van der Waals surface area (Å²) in [6.45, 7) is 29.8. The van der Waals surface area contributed by atoms with E-state index < -0.39 is 66.8 Å². The summed E-state index contributed by atoms with van der Waals surface area (Å²) < 4.78 is 61.7. The molecule has 32 nitrogen and oxygen atoms in total. The Morgan fingerprint density at radius 3 is 1.08 bits per heavy atom. The average Bonchev–Trinajstić information content (AvgIpc) is 1.46. The molecule has 688 valence electrons. The number of rotatable bonds is 32. The van der Waals surface area contributed by atoms with Crippen molar-refractivity contribution in [3.63, 3.8) is 0 Å². The van der Waals surface area contributed by atoms with Crippen molar-refractivity contribution in [1.82, 2.24) is 44.1 Å². The number of carboxylic acids is 4. The summed E-state index contributed by atoms with van der Waals surface area (Å²) in [5.74, 6) is -5.02. The minimum Gasteiger partial charge on any atom is -0.494 e. The molecule has 0 aliphatic carbocycles. The van der Waals surface area contributed by atoms with Gasteiger partial charge in [-0.2, -0.15) is 23.4 Å². The van der Waals surface area contributed by atoms with Crippen LogP contribution in [0.5, 0.6) is 0 Å². The minimum atomic E-state index is -1.12. The van der Waals surface area contributed by atoms with E-state index in [1.165, 1.54) is 0 Å². The molecule has 0 saturated heterocycles. The predicted molar refractivity (Wildman–Crippen MR) is 531 cm³/mol. The number of hydrogen-bond acceptors (Lipinski definition) is 20. The number of allylic oxidation sites excluding steroid dienone is 11. The molecule has 0 amide bonds. The van der Waals surface area contributed by atoms with Gasteiger partial charge in [0.05, 0.1) is 73.7 Å². The van der Waals surface area contributed by atoms with Crippen LogP contribution in [0.3, 0.4) is 0 Å². The van der Waals surface area contributed by atoms with Crippen LogP contribution in [-0.2, 0) is 61.3 Å². The summed E-state index contributed by atoms with van der Waals surface area (Å²) in [6, 6.07) is 30.9. The van der Waals surface area contributed by atoms with E-state index in [2.05, 4.69) is 325 Å². The maximum absolute atomic E-state index is 12.3. The van der Waals surface area contributed by atoms with Gasteiger partial charge in [0, 0.05) is 155 Å². The Bertz CT molecular complexity index is 7850. The Morgan fingerprint density at radius 1 is 0.387 bits per heavy atom. The van der Waals surface area contributed by atoms with Gasteiger partial charge in [0.25, 0.3) is 0 Å². The van der Waals surface area contributed by atoms with E-state index in [0.717, 1.165) is 235 Å². The molecular weight excluding hydrogens is 1920 g/mol. The lowest BCUT2D eigenvalue weighted by atomic mass is 9.85. The minimum absolute atomic E-state index is 0.0190. The van der Waals surface area contributed by atoms with E-state index in [1.54, 1.807) is 0 Å². The summed E-state index contributed by atoms with van der Waals surface area (Å²) in [6.07, 6.45) is 25.1. The van der Waals surface area contributed by atoms with Crippen LogP contribution in [0, 0.1) is 38.5 Å². The number of nitrogens with zero attached hydrogens (tertiary/aromatic N) is 15. The third kappa shape index (κ3) is 15.4. The second-order valence-electron chi connectivity index (χ2n) is 35.6. The molecule has 13 aliphatic rings. The summed E-state index contributed by atoms with van der Waals surface area (Å²) in [7, 11) is 0. The fourth-order valence-corrected chi connectivity index (χ4v) is 24.7. The Hall–Kier alpha value is -11.3. The van der Waals surface area contributed by atoms with Crippen molar-refractivity contribution in [2.24, 2.45) is 5.10 Å². The van der Waals surface area contributed by atoms with E-state index in [4.69, 9.17) is 46.2 Å². The third-order valence-corrected chi connectivity index (χ3v) is 30.8. The van der Waals surface area contributed by atoms with Gasteiger partial charge < -0.3 is 50.7 Å². The number of aliphatic carboxylic acids is 4. The lowest BCUT2D eigenvalue weighted by molar-refractivity contribution is -0.837. The van der Waals surface area contributed by atoms with Gasteiger partial charge in [-0.3, -0.25) is 24.6 Å². The van der Waals surface area contributed by atoms with Crippen LogP contribution in [0.15, 0.2) is 208 Å². The quantitative estimate of drug-likeness (QED) is 0.0113. The van der Waals surface area contributed by atoms with Gasteiger partial charge in [-0.1, -0.05) is 153 Å². The maximum Gasteiger partial charge on any atom is 0.553 e. The maximum atomic E-state index is 12.3. The summed E-state index contributed by atoms with van der Waals surface area (Å²) in [5.41, 5.74) is 40.3. The molecule has 4 aromatic carbocycles. The van der Waals surface area contributed by atoms with Crippen molar-refractivity contribution < 1.29 is 88.2 Å². The van der Waals surface area contributed by atoms with Gasteiger partial charge in [0.2, 0.25) is 57.3 Å². The fourth-order valence-electron chi connectivity index (χ4n) is 22.4. The molecule has 22 rings (SSSR count). The van der Waals surface area contributed by atoms with Crippen LogP contribution in [0.25, 0.3) is 83.2 Å². The first kappa shape index (κ1) is 99.4. The van der Waals surface area contributed by atoms with Crippen molar-refractivity contribution >= 4 is 246 Å². The lowest BCUT2D eigenvalue weighted by Gasteiger charge is -2.38. The van der Waals surface area contributed by atoms with Gasteiger partial charge in [0.15, 0.2) is 0 Å². The Kier molecular flexibility index (Phi) is 27.5. The zero-order valence-corrected chi connectivity index (χ0v) is 87.6. The van der Waals surface area contributed by atoms with E-state index in [1.807, 2.05) is 115 Å². The predicted octanol–water partition coefficient (Wildman–Crippen LogP) is 9.50. The highest BCUT2D eigenvalue weighted by Crippen LogP contribution is 2.55. The molecule has 9 aromatic rings. The zero-order chi connectivity index (χ0) is 101. The van der Waals surface area contributed by atoms with Crippen LogP contribution < -0.4 is 26.8 Å².